The Bertz CT molecular complexity index is 743. The molecule has 0 saturated heterocycles. The van der Waals surface area contributed by atoms with Crippen molar-refractivity contribution in [3.8, 4) is 0 Å². The molecule has 0 fully saturated rings. The van der Waals surface area contributed by atoms with Crippen molar-refractivity contribution in [1.82, 2.24) is 0 Å². The zero-order valence-corrected chi connectivity index (χ0v) is 16.5. The van der Waals surface area contributed by atoms with Gasteiger partial charge in [-0.3, -0.25) is 9.59 Å². The summed E-state index contributed by atoms with van der Waals surface area (Å²) in [6.45, 7) is 0. The molecule has 0 radical (unpaired) electrons. The van der Waals surface area contributed by atoms with Crippen molar-refractivity contribution in [3.63, 3.8) is 0 Å². The molecule has 0 saturated carbocycles. The summed E-state index contributed by atoms with van der Waals surface area (Å²) in [5.74, 6) is -2.13. The second-order valence-electron chi connectivity index (χ2n) is 4.35. The first-order valence-electron chi connectivity index (χ1n) is 6.09. The van der Waals surface area contributed by atoms with Gasteiger partial charge in [0.25, 0.3) is 11.8 Å². The number of halogens is 9. The number of amides is 2. The van der Waals surface area contributed by atoms with Crippen LogP contribution in [0.1, 0.15) is 5.56 Å². The number of alkyl halides is 3. The molecule has 0 aromatic heterocycles. The van der Waals surface area contributed by atoms with E-state index >= 15 is 0 Å². The van der Waals surface area contributed by atoms with Gasteiger partial charge in [0.15, 0.2) is 0 Å². The van der Waals surface area contributed by atoms with Crippen LogP contribution in [-0.2, 0) is 15.8 Å². The van der Waals surface area contributed by atoms with Gasteiger partial charge in [-0.15, -0.1) is 0 Å². The van der Waals surface area contributed by atoms with Crippen LogP contribution in [0, 0.1) is 0 Å². The summed E-state index contributed by atoms with van der Waals surface area (Å²) in [5.41, 5.74) is -1.89. The van der Waals surface area contributed by atoms with Gasteiger partial charge in [-0.25, -0.2) is 0 Å². The molecule has 26 heavy (non-hydrogen) atoms. The van der Waals surface area contributed by atoms with Crippen LogP contribution < -0.4 is 10.6 Å². The van der Waals surface area contributed by atoms with Crippen molar-refractivity contribution in [1.29, 1.82) is 0 Å². The highest BCUT2D eigenvalue weighted by Gasteiger charge is 2.31. The molecule has 0 aliphatic carbocycles. The molecule has 142 valence electrons. The number of nitrogens with one attached hydrogen (secondary N) is 2. The predicted molar refractivity (Wildman–Crippen MR) is 97.9 cm³/mol. The summed E-state index contributed by atoms with van der Waals surface area (Å²) in [5, 5.41) is 2.83. The Hall–Kier alpha value is -0.830. The normalized spacial score (nSPS) is 10.8. The van der Waals surface area contributed by atoms with E-state index in [-0.39, 0.29) is 11.4 Å². The first kappa shape index (κ1) is 23.2. The maximum Gasteiger partial charge on any atom is 0.416 e. The summed E-state index contributed by atoms with van der Waals surface area (Å²) in [6, 6.07) is 2.21. The zero-order valence-electron chi connectivity index (χ0n) is 12.0. The van der Waals surface area contributed by atoms with Crippen molar-refractivity contribution in [2.75, 3.05) is 10.6 Å². The van der Waals surface area contributed by atoms with E-state index in [2.05, 4.69) is 10.6 Å². The van der Waals surface area contributed by atoms with E-state index in [0.29, 0.717) is 12.1 Å². The van der Waals surface area contributed by atoms with E-state index in [1.807, 2.05) is 0 Å². The van der Waals surface area contributed by atoms with Gasteiger partial charge in [0.2, 0.25) is 0 Å². The van der Waals surface area contributed by atoms with Crippen LogP contribution in [0.4, 0.5) is 24.5 Å². The first-order valence-corrected chi connectivity index (χ1v) is 8.36. The average Bonchev–Trinajstić information content (AvgIpc) is 2.51. The van der Waals surface area contributed by atoms with Crippen molar-refractivity contribution in [2.45, 2.75) is 6.18 Å². The Morgan fingerprint density at radius 1 is 0.731 bits per heavy atom. The topological polar surface area (TPSA) is 58.2 Å². The van der Waals surface area contributed by atoms with Crippen LogP contribution in [0.3, 0.4) is 0 Å². The van der Waals surface area contributed by atoms with Crippen LogP contribution >= 0.6 is 69.6 Å². The Labute approximate surface area is 174 Å². The van der Waals surface area contributed by atoms with Gasteiger partial charge in [0.05, 0.1) is 5.56 Å². The Morgan fingerprint density at radius 3 is 1.35 bits per heavy atom. The summed E-state index contributed by atoms with van der Waals surface area (Å²) >= 11 is 32.3. The second-order valence-corrected chi connectivity index (χ2v) is 7.01. The van der Waals surface area contributed by atoms with E-state index in [1.165, 1.54) is 0 Å². The first-order chi connectivity index (χ1) is 11.8. The molecule has 2 amide bonds. The number of carbonyl (C=O) groups is 2. The van der Waals surface area contributed by atoms with Crippen molar-refractivity contribution in [3.05, 3.63) is 42.8 Å². The number of anilines is 2. The van der Waals surface area contributed by atoms with Crippen molar-refractivity contribution < 1.29 is 22.8 Å². The predicted octanol–water partition coefficient (Wildman–Crippen LogP) is 6.35. The fourth-order valence-electron chi connectivity index (χ4n) is 1.48. The van der Waals surface area contributed by atoms with E-state index in [1.54, 1.807) is 0 Å². The van der Waals surface area contributed by atoms with Crippen LogP contribution in [0.25, 0.3) is 0 Å². The highest BCUT2D eigenvalue weighted by molar-refractivity contribution is 6.63. The number of hydrogen-bond acceptors (Lipinski definition) is 2. The summed E-state index contributed by atoms with van der Waals surface area (Å²) < 4.78 is 37.9. The van der Waals surface area contributed by atoms with E-state index in [4.69, 9.17) is 69.6 Å². The van der Waals surface area contributed by atoms with Crippen LogP contribution in [0.15, 0.2) is 37.2 Å². The van der Waals surface area contributed by atoms with E-state index in [0.717, 1.165) is 6.07 Å². The van der Waals surface area contributed by atoms with Crippen molar-refractivity contribution in [2.24, 2.45) is 0 Å². The minimum atomic E-state index is -4.78. The molecule has 0 heterocycles. The monoisotopic (exact) mass is 488 g/mol. The fraction of sp³-hybridized carbons (Fsp3) is 0.0769. The van der Waals surface area contributed by atoms with E-state index < -0.39 is 42.6 Å². The maximum atomic E-state index is 13.0. The molecule has 0 aliphatic heterocycles. The molecule has 4 nitrogen and oxygen atoms in total. The number of hydrogen-bond donors (Lipinski definition) is 2. The average molecular weight is 491 g/mol. The molecule has 0 unspecified atom stereocenters. The number of carbonyl (C=O) groups excluding carboxylic acids is 2. The number of rotatable bonds is 4. The molecule has 0 bridgehead atoms. The lowest BCUT2D eigenvalue weighted by molar-refractivity contribution is -0.137. The zero-order chi connectivity index (χ0) is 20.2. The van der Waals surface area contributed by atoms with Gasteiger partial charge in [-0.1, -0.05) is 69.6 Å². The van der Waals surface area contributed by atoms with Crippen molar-refractivity contribution >= 4 is 92.8 Å². The molecule has 13 heteroatoms. The third kappa shape index (κ3) is 6.72. The fourth-order valence-corrected chi connectivity index (χ4v) is 1.92. The molecule has 0 spiro atoms. The van der Waals surface area contributed by atoms with Gasteiger partial charge in [-0.05, 0) is 18.2 Å². The minimum Gasteiger partial charge on any atom is -0.321 e. The van der Waals surface area contributed by atoms with Gasteiger partial charge in [-0.2, -0.15) is 13.2 Å². The lowest BCUT2D eigenvalue weighted by Gasteiger charge is -2.13. The third-order valence-electron chi connectivity index (χ3n) is 2.51. The lowest BCUT2D eigenvalue weighted by atomic mass is 10.1. The maximum absolute atomic E-state index is 13.0. The van der Waals surface area contributed by atoms with Crippen LogP contribution in [0.5, 0.6) is 0 Å². The molecule has 0 atom stereocenters. The summed E-state index contributed by atoms with van der Waals surface area (Å²) in [4.78, 5) is 23.5. The lowest BCUT2D eigenvalue weighted by Crippen LogP contribution is -2.16. The van der Waals surface area contributed by atoms with Gasteiger partial charge >= 0.3 is 6.18 Å². The van der Waals surface area contributed by atoms with Gasteiger partial charge < -0.3 is 10.6 Å². The third-order valence-corrected chi connectivity index (χ3v) is 4.37. The quantitative estimate of drug-likeness (QED) is 0.483. The Morgan fingerprint density at radius 2 is 1.08 bits per heavy atom. The Kier molecular flexibility index (Phi) is 8.38. The molecule has 0 aliphatic rings. The second kappa shape index (κ2) is 9.39. The highest BCUT2D eigenvalue weighted by atomic mass is 35.5. The molecular weight excluding hydrogens is 486 g/mol. The summed E-state index contributed by atoms with van der Waals surface area (Å²) in [6.07, 6.45) is -4.78. The molecular formula is C13H5Cl6F3N2O2. The molecule has 2 N–H and O–H groups in total. The molecule has 1 aromatic carbocycles. The van der Waals surface area contributed by atoms with Gasteiger partial charge in [0, 0.05) is 11.4 Å². The summed E-state index contributed by atoms with van der Waals surface area (Å²) in [7, 11) is 0. The highest BCUT2D eigenvalue weighted by Crippen LogP contribution is 2.34. The van der Waals surface area contributed by atoms with Crippen LogP contribution in [-0.4, -0.2) is 11.8 Å². The molecule has 1 aromatic rings. The Balaban J connectivity index is 3.28. The molecule has 1 rings (SSSR count). The SMILES string of the molecule is O=C(Nc1cc(NC(=O)C(Cl)=C(Cl)Cl)cc(C(F)(F)F)c1)C(Cl)=C(Cl)Cl. The number of benzene rings is 1. The van der Waals surface area contributed by atoms with E-state index in [9.17, 15) is 22.8 Å². The smallest absolute Gasteiger partial charge is 0.321 e. The standard InChI is InChI=1S/C13H5Cl6F3N2O2/c14-7(9(16)17)11(25)23-5-1-4(13(20,21)22)2-6(3-5)24-12(26)8(15)10(18)19/h1-3H,(H,23,25)(H,24,26). The largest absolute Gasteiger partial charge is 0.416 e. The van der Waals surface area contributed by atoms with Gasteiger partial charge in [0.1, 0.15) is 19.0 Å². The van der Waals surface area contributed by atoms with Crippen LogP contribution in [0.2, 0.25) is 0 Å². The minimum absolute atomic E-state index is 0.357.